The highest BCUT2D eigenvalue weighted by molar-refractivity contribution is 9.10. The number of rotatable bonds is 2. The SMILES string of the molecule is Cc1cc(Br)cnc1NC(=O)c1ccc(C(F)(F)F)cc1. The van der Waals surface area contributed by atoms with Gasteiger partial charge in [0.1, 0.15) is 5.82 Å². The Hall–Kier alpha value is -1.89. The van der Waals surface area contributed by atoms with Gasteiger partial charge in [-0.25, -0.2) is 4.98 Å². The fraction of sp³-hybridized carbons (Fsp3) is 0.143. The van der Waals surface area contributed by atoms with Gasteiger partial charge in [0.2, 0.25) is 0 Å². The van der Waals surface area contributed by atoms with E-state index in [1.54, 1.807) is 13.0 Å². The molecule has 110 valence electrons. The first-order chi connectivity index (χ1) is 9.77. The normalized spacial score (nSPS) is 11.3. The van der Waals surface area contributed by atoms with Crippen LogP contribution in [-0.4, -0.2) is 10.9 Å². The minimum Gasteiger partial charge on any atom is -0.306 e. The molecule has 0 aliphatic heterocycles. The number of nitrogens with zero attached hydrogens (tertiary/aromatic N) is 1. The van der Waals surface area contributed by atoms with Crippen molar-refractivity contribution in [3.63, 3.8) is 0 Å². The summed E-state index contributed by atoms with van der Waals surface area (Å²) < 4.78 is 38.1. The van der Waals surface area contributed by atoms with Crippen molar-refractivity contribution in [3.05, 3.63) is 57.7 Å². The summed E-state index contributed by atoms with van der Waals surface area (Å²) in [6.07, 6.45) is -2.89. The van der Waals surface area contributed by atoms with E-state index >= 15 is 0 Å². The minimum atomic E-state index is -4.42. The first kappa shape index (κ1) is 15.5. The zero-order chi connectivity index (χ0) is 15.6. The molecule has 0 atom stereocenters. The number of hydrogen-bond acceptors (Lipinski definition) is 2. The number of aryl methyl sites for hydroxylation is 1. The smallest absolute Gasteiger partial charge is 0.306 e. The van der Waals surface area contributed by atoms with Gasteiger partial charge < -0.3 is 5.32 Å². The van der Waals surface area contributed by atoms with Crippen molar-refractivity contribution in [1.29, 1.82) is 0 Å². The number of nitrogens with one attached hydrogen (secondary N) is 1. The monoisotopic (exact) mass is 358 g/mol. The lowest BCUT2D eigenvalue weighted by atomic mass is 10.1. The van der Waals surface area contributed by atoms with Crippen LogP contribution in [0, 0.1) is 6.92 Å². The standard InChI is InChI=1S/C14H10BrF3N2O/c1-8-6-11(15)7-19-12(8)20-13(21)9-2-4-10(5-3-9)14(16,17)18/h2-7H,1H3,(H,19,20,21). The number of benzene rings is 1. The largest absolute Gasteiger partial charge is 0.416 e. The van der Waals surface area contributed by atoms with Crippen molar-refractivity contribution >= 4 is 27.7 Å². The van der Waals surface area contributed by atoms with Gasteiger partial charge in [0.15, 0.2) is 0 Å². The van der Waals surface area contributed by atoms with Gasteiger partial charge in [-0.3, -0.25) is 4.79 Å². The zero-order valence-corrected chi connectivity index (χ0v) is 12.4. The molecule has 0 bridgehead atoms. The van der Waals surface area contributed by atoms with Gasteiger partial charge in [-0.2, -0.15) is 13.2 Å². The summed E-state index contributed by atoms with van der Waals surface area (Å²) in [4.78, 5) is 16.0. The summed E-state index contributed by atoms with van der Waals surface area (Å²) in [5, 5.41) is 2.56. The quantitative estimate of drug-likeness (QED) is 0.862. The predicted octanol–water partition coefficient (Wildman–Crippen LogP) is 4.42. The van der Waals surface area contributed by atoms with E-state index in [9.17, 15) is 18.0 Å². The number of carbonyl (C=O) groups excluding carboxylic acids is 1. The van der Waals surface area contributed by atoms with E-state index in [-0.39, 0.29) is 5.56 Å². The molecule has 1 heterocycles. The number of anilines is 1. The van der Waals surface area contributed by atoms with E-state index in [1.807, 2.05) is 0 Å². The molecule has 2 aromatic rings. The number of pyridine rings is 1. The number of halogens is 4. The molecule has 0 aliphatic rings. The third-order valence-corrected chi connectivity index (χ3v) is 3.18. The fourth-order valence-corrected chi connectivity index (χ4v) is 2.11. The predicted molar refractivity (Wildman–Crippen MR) is 76.1 cm³/mol. The number of amides is 1. The van der Waals surface area contributed by atoms with Crippen LogP contribution < -0.4 is 5.32 Å². The van der Waals surface area contributed by atoms with Crippen LogP contribution in [-0.2, 0) is 6.18 Å². The van der Waals surface area contributed by atoms with Crippen LogP contribution in [0.4, 0.5) is 19.0 Å². The second-order valence-corrected chi connectivity index (χ2v) is 5.26. The lowest BCUT2D eigenvalue weighted by Crippen LogP contribution is -2.14. The van der Waals surface area contributed by atoms with E-state index in [1.165, 1.54) is 6.20 Å². The number of hydrogen-bond donors (Lipinski definition) is 1. The van der Waals surface area contributed by atoms with Crippen LogP contribution in [0.2, 0.25) is 0 Å². The summed E-state index contributed by atoms with van der Waals surface area (Å²) in [5.74, 6) is -0.148. The van der Waals surface area contributed by atoms with Gasteiger partial charge >= 0.3 is 6.18 Å². The molecule has 1 N–H and O–H groups in total. The summed E-state index contributed by atoms with van der Waals surface area (Å²) in [6, 6.07) is 5.78. The molecule has 1 aromatic heterocycles. The van der Waals surface area contributed by atoms with Crippen LogP contribution in [0.5, 0.6) is 0 Å². The Balaban J connectivity index is 2.17. The Bertz CT molecular complexity index is 669. The zero-order valence-electron chi connectivity index (χ0n) is 10.8. The molecule has 0 spiro atoms. The molecule has 1 amide bonds. The van der Waals surface area contributed by atoms with Crippen molar-refractivity contribution in [1.82, 2.24) is 4.98 Å². The van der Waals surface area contributed by atoms with Crippen molar-refractivity contribution in [2.45, 2.75) is 13.1 Å². The van der Waals surface area contributed by atoms with E-state index < -0.39 is 17.6 Å². The van der Waals surface area contributed by atoms with Crippen LogP contribution in [0.3, 0.4) is 0 Å². The molecule has 2 rings (SSSR count). The lowest BCUT2D eigenvalue weighted by Gasteiger charge is -2.09. The minimum absolute atomic E-state index is 0.132. The summed E-state index contributed by atoms with van der Waals surface area (Å²) >= 11 is 3.25. The van der Waals surface area contributed by atoms with Crippen LogP contribution in [0.25, 0.3) is 0 Å². The Morgan fingerprint density at radius 1 is 1.24 bits per heavy atom. The molecule has 21 heavy (non-hydrogen) atoms. The van der Waals surface area contributed by atoms with Crippen molar-refractivity contribution < 1.29 is 18.0 Å². The fourth-order valence-electron chi connectivity index (χ4n) is 1.66. The second kappa shape index (κ2) is 5.85. The van der Waals surface area contributed by atoms with Crippen LogP contribution in [0.15, 0.2) is 41.0 Å². The topological polar surface area (TPSA) is 42.0 Å². The highest BCUT2D eigenvalue weighted by Gasteiger charge is 2.30. The van der Waals surface area contributed by atoms with Gasteiger partial charge in [-0.15, -0.1) is 0 Å². The van der Waals surface area contributed by atoms with E-state index in [0.717, 1.165) is 34.3 Å². The number of alkyl halides is 3. The van der Waals surface area contributed by atoms with E-state index in [4.69, 9.17) is 0 Å². The van der Waals surface area contributed by atoms with Crippen molar-refractivity contribution in [3.8, 4) is 0 Å². The lowest BCUT2D eigenvalue weighted by molar-refractivity contribution is -0.137. The second-order valence-electron chi connectivity index (χ2n) is 4.35. The van der Waals surface area contributed by atoms with Gasteiger partial charge in [0.05, 0.1) is 5.56 Å². The summed E-state index contributed by atoms with van der Waals surface area (Å²) in [6.45, 7) is 1.76. The average Bonchev–Trinajstić information content (AvgIpc) is 2.41. The molecular formula is C14H10BrF3N2O. The van der Waals surface area contributed by atoms with Crippen molar-refractivity contribution in [2.75, 3.05) is 5.32 Å². The van der Waals surface area contributed by atoms with Gasteiger partial charge in [0, 0.05) is 16.2 Å². The maximum absolute atomic E-state index is 12.4. The van der Waals surface area contributed by atoms with Crippen LogP contribution in [0.1, 0.15) is 21.5 Å². The molecule has 0 radical (unpaired) electrons. The molecule has 3 nitrogen and oxygen atoms in total. The molecule has 0 saturated heterocycles. The van der Waals surface area contributed by atoms with E-state index in [2.05, 4.69) is 26.2 Å². The summed E-state index contributed by atoms with van der Waals surface area (Å²) in [7, 11) is 0. The Morgan fingerprint density at radius 2 is 1.86 bits per heavy atom. The number of carbonyl (C=O) groups is 1. The third kappa shape index (κ3) is 3.81. The number of aromatic nitrogens is 1. The molecule has 0 saturated carbocycles. The first-order valence-electron chi connectivity index (χ1n) is 5.88. The molecule has 0 unspecified atom stereocenters. The molecular weight excluding hydrogens is 349 g/mol. The van der Waals surface area contributed by atoms with Crippen LogP contribution >= 0.6 is 15.9 Å². The Labute approximate surface area is 127 Å². The molecule has 7 heteroatoms. The van der Waals surface area contributed by atoms with Gasteiger partial charge in [0.25, 0.3) is 5.91 Å². The molecule has 0 fully saturated rings. The summed E-state index contributed by atoms with van der Waals surface area (Å²) in [5.41, 5.74) is 0.0775. The molecule has 1 aromatic carbocycles. The highest BCUT2D eigenvalue weighted by Crippen LogP contribution is 2.29. The third-order valence-electron chi connectivity index (χ3n) is 2.75. The average molecular weight is 359 g/mol. The first-order valence-corrected chi connectivity index (χ1v) is 6.67. The maximum Gasteiger partial charge on any atom is 0.416 e. The maximum atomic E-state index is 12.4. The van der Waals surface area contributed by atoms with E-state index in [0.29, 0.717) is 5.82 Å². The Morgan fingerprint density at radius 3 is 2.38 bits per heavy atom. The van der Waals surface area contributed by atoms with Gasteiger partial charge in [-0.1, -0.05) is 0 Å². The molecule has 0 aliphatic carbocycles. The van der Waals surface area contributed by atoms with Crippen molar-refractivity contribution in [2.24, 2.45) is 0 Å². The highest BCUT2D eigenvalue weighted by atomic mass is 79.9. The van der Waals surface area contributed by atoms with Gasteiger partial charge in [-0.05, 0) is 58.7 Å². The Kier molecular flexibility index (Phi) is 4.32.